The zero-order chi connectivity index (χ0) is 22.9. The number of aromatic nitrogens is 1. The van der Waals surface area contributed by atoms with Gasteiger partial charge in [0, 0.05) is 66.8 Å². The van der Waals surface area contributed by atoms with Gasteiger partial charge in [0.1, 0.15) is 0 Å². The summed E-state index contributed by atoms with van der Waals surface area (Å²) in [7, 11) is 0. The van der Waals surface area contributed by atoms with E-state index in [1.54, 1.807) is 0 Å². The molecule has 3 heterocycles. The monoisotopic (exact) mass is 450 g/mol. The Morgan fingerprint density at radius 2 is 1.97 bits per heavy atom. The van der Waals surface area contributed by atoms with Gasteiger partial charge >= 0.3 is 0 Å². The summed E-state index contributed by atoms with van der Waals surface area (Å²) in [5.74, 6) is 0.0285. The number of piperidine rings is 1. The lowest BCUT2D eigenvalue weighted by Crippen LogP contribution is -2.47. The molecule has 178 valence electrons. The number of carbonyl (C=O) groups is 2. The van der Waals surface area contributed by atoms with Gasteiger partial charge in [0.25, 0.3) is 5.91 Å². The molecule has 2 N–H and O–H groups in total. The molecule has 0 radical (unpaired) electrons. The highest BCUT2D eigenvalue weighted by atomic mass is 16.2. The lowest BCUT2D eigenvalue weighted by molar-refractivity contribution is -0.126. The highest BCUT2D eigenvalue weighted by molar-refractivity contribution is 5.99. The van der Waals surface area contributed by atoms with E-state index in [1.807, 2.05) is 17.9 Å². The molecular formula is C27H38N4O2. The van der Waals surface area contributed by atoms with Crippen LogP contribution >= 0.6 is 0 Å². The van der Waals surface area contributed by atoms with Crippen LogP contribution in [0.15, 0.2) is 18.2 Å². The number of rotatable bonds is 5. The molecule has 1 saturated carbocycles. The second-order valence-electron chi connectivity index (χ2n) is 10.4. The summed E-state index contributed by atoms with van der Waals surface area (Å²) in [6.07, 6.45) is 9.06. The third-order valence-electron chi connectivity index (χ3n) is 8.17. The third-order valence-corrected chi connectivity index (χ3v) is 8.17. The lowest BCUT2D eigenvalue weighted by Gasteiger charge is -2.33. The van der Waals surface area contributed by atoms with Gasteiger partial charge in [0.15, 0.2) is 0 Å². The van der Waals surface area contributed by atoms with Crippen molar-refractivity contribution in [2.45, 2.75) is 83.8 Å². The number of nitrogens with zero attached hydrogens (tertiary/aromatic N) is 2. The molecule has 6 nitrogen and oxygen atoms in total. The quantitative estimate of drug-likeness (QED) is 0.716. The van der Waals surface area contributed by atoms with Crippen molar-refractivity contribution in [3.05, 3.63) is 35.0 Å². The Balaban J connectivity index is 1.33. The van der Waals surface area contributed by atoms with Gasteiger partial charge < -0.3 is 15.2 Å². The van der Waals surface area contributed by atoms with Crippen LogP contribution < -0.4 is 5.32 Å². The van der Waals surface area contributed by atoms with Crippen LogP contribution in [-0.2, 0) is 17.8 Å². The predicted molar refractivity (Wildman–Crippen MR) is 131 cm³/mol. The highest BCUT2D eigenvalue weighted by Gasteiger charge is 2.31. The molecule has 2 aliphatic heterocycles. The number of hydrogen-bond acceptors (Lipinski definition) is 3. The first-order valence-electron chi connectivity index (χ1n) is 13.0. The third kappa shape index (κ3) is 4.54. The molecule has 1 aromatic carbocycles. The molecule has 1 aliphatic carbocycles. The van der Waals surface area contributed by atoms with Gasteiger partial charge in [0.2, 0.25) is 5.91 Å². The molecule has 3 aliphatic rings. The summed E-state index contributed by atoms with van der Waals surface area (Å²) >= 11 is 0. The maximum Gasteiger partial charge on any atom is 0.253 e. The fourth-order valence-corrected chi connectivity index (χ4v) is 5.97. The van der Waals surface area contributed by atoms with Crippen molar-refractivity contribution in [3.8, 4) is 0 Å². The Labute approximate surface area is 197 Å². The molecule has 0 spiro atoms. The number of likely N-dealkylation sites (tertiary alicyclic amines) is 1. The van der Waals surface area contributed by atoms with Crippen LogP contribution in [0.1, 0.15) is 80.4 Å². The molecule has 2 amide bonds. The molecule has 2 aromatic rings. The van der Waals surface area contributed by atoms with Crippen molar-refractivity contribution in [2.75, 3.05) is 19.6 Å². The summed E-state index contributed by atoms with van der Waals surface area (Å²) in [5, 5.41) is 4.29. The molecule has 6 heteroatoms. The van der Waals surface area contributed by atoms with Gasteiger partial charge in [-0.1, -0.05) is 19.8 Å². The van der Waals surface area contributed by atoms with Gasteiger partial charge in [-0.2, -0.15) is 0 Å². The standard InChI is InChI=1S/C27H38N4O2/c1-3-18(2)28-26(32)20-7-6-13-31(16-20)27(33)19-10-11-24-22(15-19)23-17-30(14-12-25(23)29-24)21-8-4-5-9-21/h10-11,15,18,20-21,29H,3-9,12-14,16-17H2,1-2H3,(H,28,32)/t18?,20-/m1/s1. The lowest BCUT2D eigenvalue weighted by atomic mass is 9.95. The number of nitrogens with one attached hydrogen (secondary N) is 2. The number of aromatic amines is 1. The number of amides is 2. The maximum atomic E-state index is 13.4. The van der Waals surface area contributed by atoms with Crippen LogP contribution in [0.2, 0.25) is 0 Å². The van der Waals surface area contributed by atoms with Crippen molar-refractivity contribution in [1.82, 2.24) is 20.1 Å². The van der Waals surface area contributed by atoms with Crippen LogP contribution in [0, 0.1) is 5.92 Å². The van der Waals surface area contributed by atoms with Gasteiger partial charge in [0.05, 0.1) is 5.92 Å². The van der Waals surface area contributed by atoms with Crippen LogP contribution in [0.4, 0.5) is 0 Å². The van der Waals surface area contributed by atoms with E-state index in [0.717, 1.165) is 62.4 Å². The first-order valence-corrected chi connectivity index (χ1v) is 13.0. The average Bonchev–Trinajstić information content (AvgIpc) is 3.51. The second-order valence-corrected chi connectivity index (χ2v) is 10.4. The Kier molecular flexibility index (Phi) is 6.46. The second kappa shape index (κ2) is 9.49. The van der Waals surface area contributed by atoms with Crippen LogP contribution in [-0.4, -0.2) is 58.3 Å². The fourth-order valence-electron chi connectivity index (χ4n) is 5.97. The minimum Gasteiger partial charge on any atom is -0.358 e. The number of H-pyrrole nitrogens is 1. The van der Waals surface area contributed by atoms with Crippen LogP contribution in [0.3, 0.4) is 0 Å². The van der Waals surface area contributed by atoms with Crippen molar-refractivity contribution in [2.24, 2.45) is 5.92 Å². The zero-order valence-electron chi connectivity index (χ0n) is 20.2. The number of fused-ring (bicyclic) bond motifs is 3. The number of hydrogen-bond donors (Lipinski definition) is 2. The molecule has 2 atom stereocenters. The SMILES string of the molecule is CCC(C)NC(=O)[C@@H]1CCCN(C(=O)c2ccc3[nH]c4c(c3c2)CN(C2CCCC2)CC4)C1. The summed E-state index contributed by atoms with van der Waals surface area (Å²) in [6.45, 7) is 7.46. The van der Waals surface area contributed by atoms with E-state index in [0.29, 0.717) is 6.54 Å². The summed E-state index contributed by atoms with van der Waals surface area (Å²) in [5.41, 5.74) is 4.59. The Morgan fingerprint density at radius 3 is 2.76 bits per heavy atom. The summed E-state index contributed by atoms with van der Waals surface area (Å²) < 4.78 is 0. The summed E-state index contributed by atoms with van der Waals surface area (Å²) in [4.78, 5) is 34.2. The molecule has 0 bridgehead atoms. The molecule has 1 aromatic heterocycles. The first kappa shape index (κ1) is 22.5. The van der Waals surface area contributed by atoms with E-state index < -0.39 is 0 Å². The average molecular weight is 451 g/mol. The van der Waals surface area contributed by atoms with E-state index >= 15 is 0 Å². The zero-order valence-corrected chi connectivity index (χ0v) is 20.2. The fraction of sp³-hybridized carbons (Fsp3) is 0.630. The molecule has 5 rings (SSSR count). The van der Waals surface area contributed by atoms with Gasteiger partial charge in [-0.3, -0.25) is 14.5 Å². The molecule has 33 heavy (non-hydrogen) atoms. The first-order chi connectivity index (χ1) is 16.0. The smallest absolute Gasteiger partial charge is 0.253 e. The minimum absolute atomic E-state index is 0.0522. The van der Waals surface area contributed by atoms with Gasteiger partial charge in [-0.05, 0) is 62.8 Å². The van der Waals surface area contributed by atoms with E-state index in [4.69, 9.17) is 0 Å². The van der Waals surface area contributed by atoms with E-state index in [-0.39, 0.29) is 23.8 Å². The summed E-state index contributed by atoms with van der Waals surface area (Å²) in [6, 6.07) is 7.00. The van der Waals surface area contributed by atoms with Gasteiger partial charge in [-0.15, -0.1) is 0 Å². The van der Waals surface area contributed by atoms with Crippen LogP contribution in [0.5, 0.6) is 0 Å². The van der Waals surface area contributed by atoms with Crippen molar-refractivity contribution >= 4 is 22.7 Å². The topological polar surface area (TPSA) is 68.4 Å². The Morgan fingerprint density at radius 1 is 1.15 bits per heavy atom. The van der Waals surface area contributed by atoms with Crippen molar-refractivity contribution in [3.63, 3.8) is 0 Å². The van der Waals surface area contributed by atoms with Gasteiger partial charge in [-0.25, -0.2) is 0 Å². The van der Waals surface area contributed by atoms with Crippen LogP contribution in [0.25, 0.3) is 10.9 Å². The normalized spacial score (nSPS) is 23.0. The number of benzene rings is 1. The minimum atomic E-state index is -0.111. The predicted octanol–water partition coefficient (Wildman–Crippen LogP) is 4.24. The Bertz CT molecular complexity index is 1020. The van der Waals surface area contributed by atoms with E-state index in [2.05, 4.69) is 34.3 Å². The molecule has 1 unspecified atom stereocenters. The largest absolute Gasteiger partial charge is 0.358 e. The highest BCUT2D eigenvalue weighted by Crippen LogP contribution is 2.33. The molecule has 1 saturated heterocycles. The van der Waals surface area contributed by atoms with E-state index in [1.165, 1.54) is 42.3 Å². The molecular weight excluding hydrogens is 412 g/mol. The Hall–Kier alpha value is -2.34. The molecule has 2 fully saturated rings. The van der Waals surface area contributed by atoms with Crippen molar-refractivity contribution in [1.29, 1.82) is 0 Å². The van der Waals surface area contributed by atoms with Crippen molar-refractivity contribution < 1.29 is 9.59 Å². The maximum absolute atomic E-state index is 13.4. The van der Waals surface area contributed by atoms with E-state index in [9.17, 15) is 9.59 Å². The number of carbonyl (C=O) groups excluding carboxylic acids is 2.